The number of alkyl halides is 1. The number of carbonyl (C=O) groups is 3. The molecule has 1 aliphatic carbocycles. The van der Waals surface area contributed by atoms with Crippen molar-refractivity contribution in [2.45, 2.75) is 69.5 Å². The summed E-state index contributed by atoms with van der Waals surface area (Å²) in [4.78, 5) is 47.1. The van der Waals surface area contributed by atoms with E-state index in [9.17, 15) is 14.4 Å². The van der Waals surface area contributed by atoms with Crippen LogP contribution < -0.4 is 5.32 Å². The Labute approximate surface area is 214 Å². The highest BCUT2D eigenvalue weighted by atomic mass is 35.5. The van der Waals surface area contributed by atoms with Crippen molar-refractivity contribution in [3.8, 4) is 10.4 Å². The summed E-state index contributed by atoms with van der Waals surface area (Å²) in [6.45, 7) is 4.18. The minimum atomic E-state index is -0.686. The molecule has 0 radical (unpaired) electrons. The first kappa shape index (κ1) is 24.4. The largest absolute Gasteiger partial charge is 0.366 e. The topological polar surface area (TPSA) is 88.6 Å². The van der Waals surface area contributed by atoms with Crippen LogP contribution in [0.25, 0.3) is 10.4 Å². The standard InChI is InChI=1S/C26H30ClN3O4S/c1-14-11-28-15(2)10-17(14)20-8-9-21(35-20)25(32)29-22(16-6-4-3-5-7-16)26(33)30-12-18(27)24-23(30)19(31)13-34-24/h8-11,16,18,22-24H,3-7,12-13H2,1-2H3,(H,29,32). The highest BCUT2D eigenvalue weighted by molar-refractivity contribution is 7.17. The summed E-state index contributed by atoms with van der Waals surface area (Å²) < 4.78 is 5.55. The molecule has 0 bridgehead atoms. The van der Waals surface area contributed by atoms with E-state index < -0.39 is 23.6 Å². The van der Waals surface area contributed by atoms with Gasteiger partial charge in [0, 0.05) is 23.3 Å². The number of thiophene rings is 1. The van der Waals surface area contributed by atoms with Gasteiger partial charge in [0.25, 0.3) is 5.91 Å². The van der Waals surface area contributed by atoms with Crippen molar-refractivity contribution in [1.82, 2.24) is 15.2 Å². The van der Waals surface area contributed by atoms with Gasteiger partial charge in [0.05, 0.1) is 10.3 Å². The number of likely N-dealkylation sites (tertiary alicyclic amines) is 1. The lowest BCUT2D eigenvalue weighted by Gasteiger charge is -2.34. The summed E-state index contributed by atoms with van der Waals surface area (Å²) in [7, 11) is 0. The first-order chi connectivity index (χ1) is 16.8. The number of halogens is 1. The molecule has 2 aromatic rings. The van der Waals surface area contributed by atoms with Crippen molar-refractivity contribution >= 4 is 40.5 Å². The number of hydrogen-bond donors (Lipinski definition) is 1. The molecule has 2 aromatic heterocycles. The van der Waals surface area contributed by atoms with E-state index in [4.69, 9.17) is 16.3 Å². The van der Waals surface area contributed by atoms with Gasteiger partial charge in [-0.25, -0.2) is 0 Å². The lowest BCUT2D eigenvalue weighted by molar-refractivity contribution is -0.139. The van der Waals surface area contributed by atoms with Crippen LogP contribution in [0.3, 0.4) is 0 Å². The van der Waals surface area contributed by atoms with Gasteiger partial charge >= 0.3 is 0 Å². The predicted molar refractivity (Wildman–Crippen MR) is 135 cm³/mol. The molecule has 2 amide bonds. The molecule has 4 heterocycles. The zero-order valence-corrected chi connectivity index (χ0v) is 21.5. The first-order valence-corrected chi connectivity index (χ1v) is 13.5. The number of hydrogen-bond acceptors (Lipinski definition) is 6. The molecule has 0 spiro atoms. The third kappa shape index (κ3) is 4.76. The molecule has 1 saturated carbocycles. The van der Waals surface area contributed by atoms with Gasteiger partial charge in [0.2, 0.25) is 5.91 Å². The zero-order chi connectivity index (χ0) is 24.7. The van der Waals surface area contributed by atoms with Gasteiger partial charge in [-0.1, -0.05) is 19.3 Å². The fourth-order valence-corrected chi connectivity index (χ4v) is 6.91. The number of Topliss-reactive ketones (excluding diaryl/α,β-unsaturated/α-hetero) is 1. The van der Waals surface area contributed by atoms with Gasteiger partial charge in [0.1, 0.15) is 24.8 Å². The van der Waals surface area contributed by atoms with Gasteiger partial charge in [-0.2, -0.15) is 0 Å². The summed E-state index contributed by atoms with van der Waals surface area (Å²) >= 11 is 7.84. The second-order valence-corrected chi connectivity index (χ2v) is 11.5. The third-order valence-electron chi connectivity index (χ3n) is 7.41. The Morgan fingerprint density at radius 3 is 2.77 bits per heavy atom. The molecule has 0 aromatic carbocycles. The molecular weight excluding hydrogens is 486 g/mol. The number of ether oxygens (including phenoxy) is 1. The summed E-state index contributed by atoms with van der Waals surface area (Å²) in [5, 5.41) is 2.63. The number of pyridine rings is 1. The first-order valence-electron chi connectivity index (χ1n) is 12.3. The number of aromatic nitrogens is 1. The monoisotopic (exact) mass is 515 g/mol. The van der Waals surface area contributed by atoms with Gasteiger partial charge < -0.3 is 15.0 Å². The number of ketones is 1. The predicted octanol–water partition coefficient (Wildman–Crippen LogP) is 3.89. The number of amides is 2. The average molecular weight is 516 g/mol. The average Bonchev–Trinajstić information content (AvgIpc) is 3.57. The van der Waals surface area contributed by atoms with E-state index in [0.29, 0.717) is 4.88 Å². The van der Waals surface area contributed by atoms with Crippen LogP contribution in [-0.4, -0.2) is 64.2 Å². The van der Waals surface area contributed by atoms with E-state index >= 15 is 0 Å². The fourth-order valence-electron chi connectivity index (χ4n) is 5.56. The molecule has 4 atom stereocenters. The molecule has 9 heteroatoms. The molecule has 7 nitrogen and oxygen atoms in total. The summed E-state index contributed by atoms with van der Waals surface area (Å²) in [5.41, 5.74) is 3.01. The van der Waals surface area contributed by atoms with Crippen LogP contribution in [0.4, 0.5) is 0 Å². The summed E-state index contributed by atoms with van der Waals surface area (Å²) in [5.74, 6) is -0.568. The van der Waals surface area contributed by atoms with Crippen LogP contribution in [0, 0.1) is 19.8 Å². The Balaban J connectivity index is 1.38. The second kappa shape index (κ2) is 9.99. The van der Waals surface area contributed by atoms with E-state index in [0.717, 1.165) is 53.8 Å². The van der Waals surface area contributed by atoms with Gasteiger partial charge in [0.15, 0.2) is 5.78 Å². The maximum Gasteiger partial charge on any atom is 0.262 e. The lowest BCUT2D eigenvalue weighted by Crippen LogP contribution is -2.55. The van der Waals surface area contributed by atoms with E-state index in [2.05, 4.69) is 10.3 Å². The Morgan fingerprint density at radius 1 is 1.23 bits per heavy atom. The van der Waals surface area contributed by atoms with Gasteiger partial charge in [-0.05, 0) is 61.9 Å². The van der Waals surface area contributed by atoms with Crippen LogP contribution >= 0.6 is 22.9 Å². The SMILES string of the molecule is Cc1cc(-c2ccc(C(=O)NC(C(=O)N3CC(Cl)C4OCC(=O)C43)C3CCCCC3)s2)c(C)cn1. The van der Waals surface area contributed by atoms with Gasteiger partial charge in [-0.3, -0.25) is 19.4 Å². The smallest absolute Gasteiger partial charge is 0.262 e. The molecule has 4 unspecified atom stereocenters. The molecule has 1 N–H and O–H groups in total. The molecule has 2 aliphatic heterocycles. The third-order valence-corrected chi connectivity index (χ3v) is 8.92. The van der Waals surface area contributed by atoms with Crippen LogP contribution in [0.15, 0.2) is 24.4 Å². The lowest BCUT2D eigenvalue weighted by atomic mass is 9.83. The van der Waals surface area contributed by atoms with Crippen LogP contribution in [-0.2, 0) is 14.3 Å². The van der Waals surface area contributed by atoms with Crippen LogP contribution in [0.5, 0.6) is 0 Å². The van der Waals surface area contributed by atoms with E-state index in [1.165, 1.54) is 11.3 Å². The van der Waals surface area contributed by atoms with Crippen molar-refractivity contribution in [1.29, 1.82) is 0 Å². The van der Waals surface area contributed by atoms with Gasteiger partial charge in [-0.15, -0.1) is 22.9 Å². The molecule has 3 aliphatic rings. The van der Waals surface area contributed by atoms with E-state index in [1.807, 2.05) is 38.2 Å². The van der Waals surface area contributed by atoms with E-state index in [1.54, 1.807) is 4.90 Å². The van der Waals surface area contributed by atoms with Crippen LogP contribution in [0.1, 0.15) is 53.0 Å². The summed E-state index contributed by atoms with van der Waals surface area (Å²) in [6.07, 6.45) is 6.30. The normalized spacial score (nSPS) is 25.5. The number of aryl methyl sites for hydroxylation is 2. The van der Waals surface area contributed by atoms with Crippen molar-refractivity contribution in [3.05, 3.63) is 40.5 Å². The molecule has 35 heavy (non-hydrogen) atoms. The minimum absolute atomic E-state index is 0.0192. The number of carbonyl (C=O) groups excluding carboxylic acids is 3. The number of nitrogens with zero attached hydrogens (tertiary/aromatic N) is 2. The molecule has 186 valence electrons. The highest BCUT2D eigenvalue weighted by Crippen LogP contribution is 2.35. The Kier molecular flexibility index (Phi) is 6.97. The maximum atomic E-state index is 13.8. The van der Waals surface area contributed by atoms with Crippen molar-refractivity contribution in [2.75, 3.05) is 13.2 Å². The van der Waals surface area contributed by atoms with Crippen molar-refractivity contribution < 1.29 is 19.1 Å². The number of rotatable bonds is 5. The quantitative estimate of drug-likeness (QED) is 0.610. The van der Waals surface area contributed by atoms with Crippen LogP contribution in [0.2, 0.25) is 0 Å². The molecule has 3 fully saturated rings. The number of fused-ring (bicyclic) bond motifs is 1. The highest BCUT2D eigenvalue weighted by Gasteiger charge is 2.53. The Hall–Kier alpha value is -2.29. The fraction of sp³-hybridized carbons (Fsp3) is 0.538. The second-order valence-electron chi connectivity index (χ2n) is 9.85. The maximum absolute atomic E-state index is 13.8. The summed E-state index contributed by atoms with van der Waals surface area (Å²) in [6, 6.07) is 4.43. The Morgan fingerprint density at radius 2 is 2.00 bits per heavy atom. The zero-order valence-electron chi connectivity index (χ0n) is 20.0. The Bertz CT molecular complexity index is 1150. The molecule has 5 rings (SSSR count). The number of nitrogens with one attached hydrogen (secondary N) is 1. The van der Waals surface area contributed by atoms with Crippen molar-refractivity contribution in [2.24, 2.45) is 5.92 Å². The minimum Gasteiger partial charge on any atom is -0.366 e. The van der Waals surface area contributed by atoms with E-state index in [-0.39, 0.29) is 36.7 Å². The van der Waals surface area contributed by atoms with Crippen molar-refractivity contribution in [3.63, 3.8) is 0 Å². The molecule has 2 saturated heterocycles. The molecular formula is C26H30ClN3O4S.